The van der Waals surface area contributed by atoms with Gasteiger partial charge in [0.15, 0.2) is 5.82 Å². The Balaban J connectivity index is 1.72. The van der Waals surface area contributed by atoms with Gasteiger partial charge >= 0.3 is 0 Å². The van der Waals surface area contributed by atoms with Gasteiger partial charge in [-0.2, -0.15) is 9.50 Å². The summed E-state index contributed by atoms with van der Waals surface area (Å²) >= 11 is 0. The largest absolute Gasteiger partial charge is 0.366 e. The Labute approximate surface area is 133 Å². The van der Waals surface area contributed by atoms with Crippen LogP contribution in [0.5, 0.6) is 0 Å². The SMILES string of the molecule is CCc1nc2nc3c(c(NCc4ccc(F)cc4)n2n1)CCC3. The summed E-state index contributed by atoms with van der Waals surface area (Å²) in [6.45, 7) is 2.65. The quantitative estimate of drug-likeness (QED) is 0.805. The highest BCUT2D eigenvalue weighted by Gasteiger charge is 2.21. The standard InChI is InChI=1S/C17H18FN5/c1-2-15-21-17-20-14-5-3-4-13(14)16(23(17)22-15)19-10-11-6-8-12(18)9-7-11/h6-9,19H,2-5,10H2,1H3. The zero-order valence-electron chi connectivity index (χ0n) is 13.0. The van der Waals surface area contributed by atoms with Crippen molar-refractivity contribution in [2.75, 3.05) is 5.32 Å². The summed E-state index contributed by atoms with van der Waals surface area (Å²) in [5.74, 6) is 2.21. The van der Waals surface area contributed by atoms with E-state index in [0.717, 1.165) is 48.6 Å². The highest BCUT2D eigenvalue weighted by atomic mass is 19.1. The summed E-state index contributed by atoms with van der Waals surface area (Å²) in [6.07, 6.45) is 3.89. The van der Waals surface area contributed by atoms with Crippen molar-refractivity contribution in [3.8, 4) is 0 Å². The Morgan fingerprint density at radius 2 is 2.00 bits per heavy atom. The van der Waals surface area contributed by atoms with Crippen LogP contribution in [0.4, 0.5) is 10.2 Å². The molecule has 1 aliphatic carbocycles. The summed E-state index contributed by atoms with van der Waals surface area (Å²) in [6, 6.07) is 6.54. The second-order valence-corrected chi connectivity index (χ2v) is 5.81. The lowest BCUT2D eigenvalue weighted by molar-refractivity contribution is 0.627. The smallest absolute Gasteiger partial charge is 0.254 e. The van der Waals surface area contributed by atoms with Crippen LogP contribution in [0.1, 0.15) is 36.0 Å². The maximum absolute atomic E-state index is 13.0. The predicted octanol–water partition coefficient (Wildman–Crippen LogP) is 2.93. The Morgan fingerprint density at radius 1 is 1.17 bits per heavy atom. The fourth-order valence-electron chi connectivity index (χ4n) is 3.04. The molecule has 0 unspecified atom stereocenters. The van der Waals surface area contributed by atoms with E-state index in [2.05, 4.69) is 20.4 Å². The molecule has 5 nitrogen and oxygen atoms in total. The zero-order chi connectivity index (χ0) is 15.8. The van der Waals surface area contributed by atoms with Gasteiger partial charge in [-0.05, 0) is 37.0 Å². The van der Waals surface area contributed by atoms with E-state index in [4.69, 9.17) is 0 Å². The van der Waals surface area contributed by atoms with Crippen LogP contribution in [-0.2, 0) is 25.8 Å². The molecule has 6 heteroatoms. The molecule has 0 saturated heterocycles. The Kier molecular flexibility index (Phi) is 3.44. The van der Waals surface area contributed by atoms with Crippen molar-refractivity contribution < 1.29 is 4.39 Å². The van der Waals surface area contributed by atoms with Crippen molar-refractivity contribution in [3.05, 3.63) is 52.7 Å². The molecule has 0 spiro atoms. The Hall–Kier alpha value is -2.50. The minimum Gasteiger partial charge on any atom is -0.366 e. The molecule has 4 rings (SSSR count). The van der Waals surface area contributed by atoms with Crippen molar-refractivity contribution in [2.24, 2.45) is 0 Å². The normalized spacial score (nSPS) is 13.5. The van der Waals surface area contributed by atoms with Gasteiger partial charge < -0.3 is 5.32 Å². The van der Waals surface area contributed by atoms with Crippen molar-refractivity contribution in [1.82, 2.24) is 19.6 Å². The molecule has 0 radical (unpaired) electrons. The Morgan fingerprint density at radius 3 is 2.78 bits per heavy atom. The lowest BCUT2D eigenvalue weighted by atomic mass is 10.2. The number of halogens is 1. The third-order valence-electron chi connectivity index (χ3n) is 4.24. The molecular weight excluding hydrogens is 293 g/mol. The second kappa shape index (κ2) is 5.61. The van der Waals surface area contributed by atoms with Crippen LogP contribution < -0.4 is 5.32 Å². The maximum atomic E-state index is 13.0. The van der Waals surface area contributed by atoms with Crippen molar-refractivity contribution in [3.63, 3.8) is 0 Å². The minimum absolute atomic E-state index is 0.218. The molecule has 0 atom stereocenters. The topological polar surface area (TPSA) is 55.1 Å². The van der Waals surface area contributed by atoms with Crippen LogP contribution in [0.25, 0.3) is 5.78 Å². The molecule has 0 amide bonds. The first-order chi connectivity index (χ1) is 11.2. The second-order valence-electron chi connectivity index (χ2n) is 5.81. The average Bonchev–Trinajstić information content (AvgIpc) is 3.19. The van der Waals surface area contributed by atoms with Gasteiger partial charge in [0.05, 0.1) is 5.69 Å². The number of aryl methyl sites for hydroxylation is 2. The fraction of sp³-hybridized carbons (Fsp3) is 0.353. The molecule has 2 heterocycles. The molecule has 23 heavy (non-hydrogen) atoms. The molecule has 0 fully saturated rings. The molecule has 3 aromatic rings. The zero-order valence-corrected chi connectivity index (χ0v) is 13.0. The number of nitrogens with one attached hydrogen (secondary N) is 1. The molecule has 1 aliphatic rings. The molecule has 0 saturated carbocycles. The molecule has 1 aromatic carbocycles. The van der Waals surface area contributed by atoms with Crippen molar-refractivity contribution >= 4 is 11.6 Å². The fourth-order valence-corrected chi connectivity index (χ4v) is 3.04. The van der Waals surface area contributed by atoms with Gasteiger partial charge in [-0.1, -0.05) is 19.1 Å². The molecule has 0 bridgehead atoms. The summed E-state index contributed by atoms with van der Waals surface area (Å²) in [5, 5.41) is 8.01. The van der Waals surface area contributed by atoms with Crippen LogP contribution in [0, 0.1) is 5.82 Å². The number of hydrogen-bond donors (Lipinski definition) is 1. The van der Waals surface area contributed by atoms with Gasteiger partial charge in [-0.3, -0.25) is 0 Å². The van der Waals surface area contributed by atoms with Crippen LogP contribution >= 0.6 is 0 Å². The lowest BCUT2D eigenvalue weighted by Crippen LogP contribution is -2.10. The lowest BCUT2D eigenvalue weighted by Gasteiger charge is -2.12. The average molecular weight is 311 g/mol. The highest BCUT2D eigenvalue weighted by Crippen LogP contribution is 2.28. The third-order valence-corrected chi connectivity index (χ3v) is 4.24. The monoisotopic (exact) mass is 311 g/mol. The summed E-state index contributed by atoms with van der Waals surface area (Å²) in [4.78, 5) is 9.14. The number of benzene rings is 1. The van der Waals surface area contributed by atoms with Gasteiger partial charge in [0, 0.05) is 18.5 Å². The van der Waals surface area contributed by atoms with Crippen LogP contribution in [0.2, 0.25) is 0 Å². The number of anilines is 1. The first-order valence-electron chi connectivity index (χ1n) is 8.00. The number of nitrogens with zero attached hydrogens (tertiary/aromatic N) is 4. The van der Waals surface area contributed by atoms with Gasteiger partial charge in [-0.15, -0.1) is 5.10 Å². The minimum atomic E-state index is -0.218. The maximum Gasteiger partial charge on any atom is 0.254 e. The van der Waals surface area contributed by atoms with E-state index in [1.165, 1.54) is 17.7 Å². The van der Waals surface area contributed by atoms with E-state index < -0.39 is 0 Å². The van der Waals surface area contributed by atoms with Gasteiger partial charge in [0.1, 0.15) is 11.6 Å². The van der Waals surface area contributed by atoms with Gasteiger partial charge in [0.2, 0.25) is 0 Å². The predicted molar refractivity (Wildman–Crippen MR) is 85.9 cm³/mol. The van der Waals surface area contributed by atoms with Gasteiger partial charge in [-0.25, -0.2) is 9.37 Å². The Bertz CT molecular complexity index is 854. The van der Waals surface area contributed by atoms with E-state index in [-0.39, 0.29) is 5.82 Å². The molecule has 2 aromatic heterocycles. The van der Waals surface area contributed by atoms with E-state index in [9.17, 15) is 4.39 Å². The molecule has 1 N–H and O–H groups in total. The van der Waals surface area contributed by atoms with Crippen LogP contribution in [-0.4, -0.2) is 19.6 Å². The van der Waals surface area contributed by atoms with Crippen molar-refractivity contribution in [1.29, 1.82) is 0 Å². The number of fused-ring (bicyclic) bond motifs is 2. The number of rotatable bonds is 4. The highest BCUT2D eigenvalue weighted by molar-refractivity contribution is 5.55. The van der Waals surface area contributed by atoms with E-state index in [1.807, 2.05) is 11.4 Å². The summed E-state index contributed by atoms with van der Waals surface area (Å²) < 4.78 is 14.8. The van der Waals surface area contributed by atoms with Gasteiger partial charge in [0.25, 0.3) is 5.78 Å². The van der Waals surface area contributed by atoms with Crippen LogP contribution in [0.15, 0.2) is 24.3 Å². The summed E-state index contributed by atoms with van der Waals surface area (Å²) in [5.41, 5.74) is 3.38. The number of aromatic nitrogens is 4. The first-order valence-corrected chi connectivity index (χ1v) is 8.00. The van der Waals surface area contributed by atoms with E-state index in [1.54, 1.807) is 12.1 Å². The third kappa shape index (κ3) is 2.54. The number of hydrogen-bond acceptors (Lipinski definition) is 4. The van der Waals surface area contributed by atoms with Crippen LogP contribution in [0.3, 0.4) is 0 Å². The molecule has 118 valence electrons. The summed E-state index contributed by atoms with van der Waals surface area (Å²) in [7, 11) is 0. The van der Waals surface area contributed by atoms with E-state index in [0.29, 0.717) is 12.3 Å². The molecular formula is C17H18FN5. The van der Waals surface area contributed by atoms with Crippen molar-refractivity contribution in [2.45, 2.75) is 39.2 Å². The van der Waals surface area contributed by atoms with E-state index >= 15 is 0 Å². The molecule has 0 aliphatic heterocycles. The first kappa shape index (κ1) is 14.1.